The summed E-state index contributed by atoms with van der Waals surface area (Å²) in [5.74, 6) is 0.811. The summed E-state index contributed by atoms with van der Waals surface area (Å²) in [4.78, 5) is 21.5. The van der Waals surface area contributed by atoms with Crippen LogP contribution in [-0.4, -0.2) is 9.97 Å². The number of halogens is 1. The lowest BCUT2D eigenvalue weighted by Gasteiger charge is -2.29. The summed E-state index contributed by atoms with van der Waals surface area (Å²) < 4.78 is 0. The third-order valence-electron chi connectivity index (χ3n) is 3.61. The summed E-state index contributed by atoms with van der Waals surface area (Å²) in [6.07, 6.45) is 3.15. The molecule has 0 radical (unpaired) electrons. The Morgan fingerprint density at radius 2 is 2.28 bits per heavy atom. The zero-order chi connectivity index (χ0) is 12.9. The fraction of sp³-hybridized carbons (Fsp3) is 0.538. The second kappa shape index (κ2) is 4.07. The summed E-state index contributed by atoms with van der Waals surface area (Å²) >= 11 is 7.40. The standard InChI is InChI=1S/C13H15ClN2OS/c1-13(2)4-3-7-8(5-13)18-12-10(7)11(17)15-9(6-14)16-12/h3-6H2,1-2H3,(H,15,16,17). The molecule has 0 amide bonds. The first-order valence-corrected chi connectivity index (χ1v) is 7.45. The maximum atomic E-state index is 12.1. The van der Waals surface area contributed by atoms with Gasteiger partial charge in [0.1, 0.15) is 10.7 Å². The van der Waals surface area contributed by atoms with Crippen LogP contribution in [0.25, 0.3) is 10.2 Å². The SMILES string of the molecule is CC1(C)CCc2c(sc3nc(CCl)[nH]c(=O)c23)C1. The van der Waals surface area contributed by atoms with Gasteiger partial charge in [-0.3, -0.25) is 4.79 Å². The third kappa shape index (κ3) is 1.88. The Morgan fingerprint density at radius 3 is 3.00 bits per heavy atom. The van der Waals surface area contributed by atoms with Gasteiger partial charge in [-0.2, -0.15) is 0 Å². The van der Waals surface area contributed by atoms with Gasteiger partial charge < -0.3 is 4.98 Å². The number of hydrogen-bond acceptors (Lipinski definition) is 3. The number of aromatic amines is 1. The van der Waals surface area contributed by atoms with E-state index in [0.717, 1.165) is 29.5 Å². The molecular formula is C13H15ClN2OS. The van der Waals surface area contributed by atoms with Gasteiger partial charge in [-0.1, -0.05) is 13.8 Å². The number of nitrogens with zero attached hydrogens (tertiary/aromatic N) is 1. The number of aromatic nitrogens is 2. The van der Waals surface area contributed by atoms with Gasteiger partial charge in [0.2, 0.25) is 0 Å². The van der Waals surface area contributed by atoms with E-state index in [1.54, 1.807) is 11.3 Å². The Bertz CT molecular complexity index is 671. The number of alkyl halides is 1. The normalized spacial score (nSPS) is 17.9. The average Bonchev–Trinajstić information content (AvgIpc) is 2.64. The Labute approximate surface area is 114 Å². The lowest BCUT2D eigenvalue weighted by molar-refractivity contribution is 0.320. The van der Waals surface area contributed by atoms with E-state index in [9.17, 15) is 4.79 Å². The number of thiophene rings is 1. The van der Waals surface area contributed by atoms with Gasteiger partial charge in [0, 0.05) is 4.88 Å². The lowest BCUT2D eigenvalue weighted by Crippen LogP contribution is -2.21. The van der Waals surface area contributed by atoms with E-state index < -0.39 is 0 Å². The zero-order valence-corrected chi connectivity index (χ0v) is 12.0. The van der Waals surface area contributed by atoms with Crippen molar-refractivity contribution in [3.8, 4) is 0 Å². The number of fused-ring (bicyclic) bond motifs is 3. The van der Waals surface area contributed by atoms with E-state index in [1.807, 2.05) is 0 Å². The van der Waals surface area contributed by atoms with Gasteiger partial charge >= 0.3 is 0 Å². The molecule has 18 heavy (non-hydrogen) atoms. The molecular weight excluding hydrogens is 268 g/mol. The van der Waals surface area contributed by atoms with E-state index in [2.05, 4.69) is 23.8 Å². The van der Waals surface area contributed by atoms with Crippen molar-refractivity contribution >= 4 is 33.2 Å². The maximum Gasteiger partial charge on any atom is 0.259 e. The van der Waals surface area contributed by atoms with Gasteiger partial charge in [0.25, 0.3) is 5.56 Å². The molecule has 2 heterocycles. The Hall–Kier alpha value is -0.870. The topological polar surface area (TPSA) is 45.8 Å². The fourth-order valence-corrected chi connectivity index (χ4v) is 4.24. The minimum atomic E-state index is -0.0344. The first-order chi connectivity index (χ1) is 8.50. The number of nitrogens with one attached hydrogen (secondary N) is 1. The van der Waals surface area contributed by atoms with E-state index in [4.69, 9.17) is 11.6 Å². The minimum Gasteiger partial charge on any atom is -0.309 e. The molecule has 0 bridgehead atoms. The number of aryl methyl sites for hydroxylation is 1. The number of hydrogen-bond donors (Lipinski definition) is 1. The van der Waals surface area contributed by atoms with Crippen molar-refractivity contribution in [2.24, 2.45) is 5.41 Å². The Balaban J connectivity index is 2.25. The van der Waals surface area contributed by atoms with Gasteiger partial charge in [-0.25, -0.2) is 4.98 Å². The molecule has 1 aliphatic carbocycles. The highest BCUT2D eigenvalue weighted by molar-refractivity contribution is 7.18. The molecule has 0 saturated heterocycles. The van der Waals surface area contributed by atoms with E-state index in [1.165, 1.54) is 10.4 Å². The molecule has 2 aromatic heterocycles. The molecule has 0 saturated carbocycles. The molecule has 0 aliphatic heterocycles. The Morgan fingerprint density at radius 1 is 1.50 bits per heavy atom. The molecule has 0 aromatic carbocycles. The van der Waals surface area contributed by atoms with Crippen LogP contribution in [0.5, 0.6) is 0 Å². The summed E-state index contributed by atoms with van der Waals surface area (Å²) in [7, 11) is 0. The molecule has 1 N–H and O–H groups in total. The predicted molar refractivity (Wildman–Crippen MR) is 75.6 cm³/mol. The molecule has 0 unspecified atom stereocenters. The van der Waals surface area contributed by atoms with Crippen molar-refractivity contribution in [3.05, 3.63) is 26.6 Å². The first kappa shape index (κ1) is 12.2. The second-order valence-corrected chi connectivity index (χ2v) is 7.02. The minimum absolute atomic E-state index is 0.0344. The van der Waals surface area contributed by atoms with Gasteiger partial charge in [0.05, 0.1) is 11.3 Å². The van der Waals surface area contributed by atoms with Crippen molar-refractivity contribution in [2.75, 3.05) is 0 Å². The molecule has 5 heteroatoms. The van der Waals surface area contributed by atoms with Crippen molar-refractivity contribution in [1.29, 1.82) is 0 Å². The molecule has 96 valence electrons. The number of H-pyrrole nitrogens is 1. The zero-order valence-electron chi connectivity index (χ0n) is 10.5. The van der Waals surface area contributed by atoms with Gasteiger partial charge in [-0.05, 0) is 30.2 Å². The molecule has 0 atom stereocenters. The maximum absolute atomic E-state index is 12.1. The largest absolute Gasteiger partial charge is 0.309 e. The van der Waals surface area contributed by atoms with Gasteiger partial charge in [0.15, 0.2) is 0 Å². The smallest absolute Gasteiger partial charge is 0.259 e. The van der Waals surface area contributed by atoms with Crippen LogP contribution in [0.2, 0.25) is 0 Å². The molecule has 0 spiro atoms. The van der Waals surface area contributed by atoms with Crippen molar-refractivity contribution in [3.63, 3.8) is 0 Å². The quantitative estimate of drug-likeness (QED) is 0.816. The molecule has 3 rings (SSSR count). The highest BCUT2D eigenvalue weighted by atomic mass is 35.5. The van der Waals surface area contributed by atoms with Crippen molar-refractivity contribution in [1.82, 2.24) is 9.97 Å². The summed E-state index contributed by atoms with van der Waals surface area (Å²) in [6.45, 7) is 4.56. The highest BCUT2D eigenvalue weighted by Gasteiger charge is 2.29. The second-order valence-electron chi connectivity index (χ2n) is 5.67. The molecule has 1 aliphatic rings. The molecule has 3 nitrogen and oxygen atoms in total. The first-order valence-electron chi connectivity index (χ1n) is 6.09. The number of rotatable bonds is 1. The highest BCUT2D eigenvalue weighted by Crippen LogP contribution is 2.40. The van der Waals surface area contributed by atoms with Crippen LogP contribution in [0.1, 0.15) is 36.5 Å². The van der Waals surface area contributed by atoms with Crippen LogP contribution in [0.4, 0.5) is 0 Å². The summed E-state index contributed by atoms with van der Waals surface area (Å²) in [6, 6.07) is 0. The summed E-state index contributed by atoms with van der Waals surface area (Å²) in [5, 5.41) is 0.791. The van der Waals surface area contributed by atoms with Crippen LogP contribution < -0.4 is 5.56 Å². The van der Waals surface area contributed by atoms with Crippen molar-refractivity contribution in [2.45, 2.75) is 39.0 Å². The van der Waals surface area contributed by atoms with E-state index in [-0.39, 0.29) is 11.4 Å². The van der Waals surface area contributed by atoms with Crippen LogP contribution >= 0.6 is 22.9 Å². The van der Waals surface area contributed by atoms with Crippen LogP contribution in [0, 0.1) is 5.41 Å². The summed E-state index contributed by atoms with van der Waals surface area (Å²) in [5.41, 5.74) is 1.51. The molecule has 0 fully saturated rings. The average molecular weight is 283 g/mol. The van der Waals surface area contributed by atoms with E-state index in [0.29, 0.717) is 11.2 Å². The van der Waals surface area contributed by atoms with Gasteiger partial charge in [-0.15, -0.1) is 22.9 Å². The molecule has 2 aromatic rings. The van der Waals surface area contributed by atoms with E-state index >= 15 is 0 Å². The monoisotopic (exact) mass is 282 g/mol. The van der Waals surface area contributed by atoms with Crippen LogP contribution in [0.3, 0.4) is 0 Å². The third-order valence-corrected chi connectivity index (χ3v) is 4.99. The predicted octanol–water partition coefficient (Wildman–Crippen LogP) is 3.24. The lowest BCUT2D eigenvalue weighted by atomic mass is 9.77. The van der Waals surface area contributed by atoms with Crippen LogP contribution in [0.15, 0.2) is 4.79 Å². The van der Waals surface area contributed by atoms with Crippen molar-refractivity contribution < 1.29 is 0 Å². The Kier molecular flexibility index (Phi) is 2.75. The van der Waals surface area contributed by atoms with Crippen LogP contribution in [-0.2, 0) is 18.7 Å². The fourth-order valence-electron chi connectivity index (χ4n) is 2.61.